The van der Waals surface area contributed by atoms with Crippen molar-refractivity contribution in [3.63, 3.8) is 0 Å². The van der Waals surface area contributed by atoms with Gasteiger partial charge in [-0.3, -0.25) is 10.1 Å². The topological polar surface area (TPSA) is 67.8 Å². The molecule has 0 bridgehead atoms. The van der Waals surface area contributed by atoms with Crippen molar-refractivity contribution in [3.05, 3.63) is 46.0 Å². The maximum atomic E-state index is 11.9. The molecule has 20 heavy (non-hydrogen) atoms. The third kappa shape index (κ3) is 2.77. The van der Waals surface area contributed by atoms with Gasteiger partial charge < -0.3 is 0 Å². The summed E-state index contributed by atoms with van der Waals surface area (Å²) in [5, 5.41) is 3.24. The Morgan fingerprint density at radius 3 is 2.75 bits per heavy atom. The minimum Gasteiger partial charge on any atom is -0.296 e. The van der Waals surface area contributed by atoms with Crippen molar-refractivity contribution in [1.29, 1.82) is 0 Å². The van der Waals surface area contributed by atoms with Crippen LogP contribution < -0.4 is 5.32 Å². The summed E-state index contributed by atoms with van der Waals surface area (Å²) in [4.78, 5) is 16.3. The molecule has 0 spiro atoms. The molecule has 0 atom stereocenters. The van der Waals surface area contributed by atoms with E-state index in [0.717, 1.165) is 26.8 Å². The van der Waals surface area contributed by atoms with Crippen LogP contribution in [0.5, 0.6) is 0 Å². The van der Waals surface area contributed by atoms with E-state index < -0.39 is 0 Å². The fourth-order valence-corrected chi connectivity index (χ4v) is 3.46. The van der Waals surface area contributed by atoms with Crippen molar-refractivity contribution >= 4 is 50.0 Å². The third-order valence-electron chi connectivity index (χ3n) is 2.45. The van der Waals surface area contributed by atoms with Crippen molar-refractivity contribution in [2.75, 3.05) is 5.32 Å². The fourth-order valence-electron chi connectivity index (χ4n) is 1.55. The van der Waals surface area contributed by atoms with Crippen molar-refractivity contribution in [2.45, 2.75) is 0 Å². The van der Waals surface area contributed by atoms with Crippen LogP contribution in [-0.2, 0) is 0 Å². The number of hydrogen-bond donors (Lipinski definition) is 1. The molecule has 2 heterocycles. The first-order valence-electron chi connectivity index (χ1n) is 5.54. The van der Waals surface area contributed by atoms with Gasteiger partial charge in [-0.15, -0.1) is 0 Å². The number of carbonyl (C=O) groups excluding carboxylic acids is 1. The predicted octanol–water partition coefficient (Wildman–Crippen LogP) is 3.68. The lowest BCUT2D eigenvalue weighted by atomic mass is 10.2. The van der Waals surface area contributed by atoms with E-state index in [1.165, 1.54) is 17.5 Å². The Bertz CT molecular complexity index is 727. The summed E-state index contributed by atoms with van der Waals surface area (Å²) in [5.41, 5.74) is 2.09. The summed E-state index contributed by atoms with van der Waals surface area (Å²) in [5.74, 6) is -0.306. The van der Waals surface area contributed by atoms with Gasteiger partial charge >= 0.3 is 0 Å². The molecule has 5 nitrogen and oxygen atoms in total. The Kier molecular flexibility index (Phi) is 3.86. The molecule has 0 aliphatic heterocycles. The molecular weight excluding hydrogens is 360 g/mol. The number of halogens is 1. The van der Waals surface area contributed by atoms with E-state index in [2.05, 4.69) is 35.0 Å². The highest BCUT2D eigenvalue weighted by molar-refractivity contribution is 9.11. The number of nitrogens with one attached hydrogen (secondary N) is 1. The van der Waals surface area contributed by atoms with Gasteiger partial charge in [0, 0.05) is 5.56 Å². The second kappa shape index (κ2) is 5.78. The number of aromatic nitrogens is 3. The number of carbonyl (C=O) groups is 1. The van der Waals surface area contributed by atoms with Gasteiger partial charge in [0.1, 0.15) is 0 Å². The Morgan fingerprint density at radius 1 is 1.25 bits per heavy atom. The maximum absolute atomic E-state index is 11.9. The van der Waals surface area contributed by atoms with Crippen LogP contribution in [0.1, 0.15) is 10.5 Å². The number of anilines is 1. The third-order valence-corrected chi connectivity index (χ3v) is 4.55. The molecule has 0 radical (unpaired) electrons. The largest absolute Gasteiger partial charge is 0.296 e. The number of benzene rings is 1. The fraction of sp³-hybridized carbons (Fsp3) is 0. The number of hydrogen-bond acceptors (Lipinski definition) is 6. The molecule has 0 saturated heterocycles. The van der Waals surface area contributed by atoms with Crippen LogP contribution >= 0.6 is 39.0 Å². The van der Waals surface area contributed by atoms with E-state index in [0.29, 0.717) is 10.8 Å². The smallest absolute Gasteiger partial charge is 0.278 e. The summed E-state index contributed by atoms with van der Waals surface area (Å²) >= 11 is 5.83. The molecule has 1 N–H and O–H groups in total. The molecule has 0 unspecified atom stereocenters. The highest BCUT2D eigenvalue weighted by Crippen LogP contribution is 2.35. The molecule has 0 fully saturated rings. The SMILES string of the molecule is O=C(Nc1nc(-c2ccccc2)c(Br)s1)c1cnsn1. The van der Waals surface area contributed by atoms with E-state index in [-0.39, 0.29) is 5.91 Å². The average Bonchev–Trinajstić information content (AvgIpc) is 3.09. The van der Waals surface area contributed by atoms with Crippen molar-refractivity contribution in [2.24, 2.45) is 0 Å². The lowest BCUT2D eigenvalue weighted by Gasteiger charge is -1.97. The van der Waals surface area contributed by atoms with Crippen LogP contribution in [0.4, 0.5) is 5.13 Å². The Morgan fingerprint density at radius 2 is 2.05 bits per heavy atom. The molecular formula is C12H7BrN4OS2. The summed E-state index contributed by atoms with van der Waals surface area (Å²) in [7, 11) is 0. The van der Waals surface area contributed by atoms with Crippen molar-refractivity contribution in [1.82, 2.24) is 13.7 Å². The van der Waals surface area contributed by atoms with Gasteiger partial charge in [-0.2, -0.15) is 8.75 Å². The first-order chi connectivity index (χ1) is 9.74. The van der Waals surface area contributed by atoms with Crippen LogP contribution in [0.25, 0.3) is 11.3 Å². The zero-order valence-corrected chi connectivity index (χ0v) is 13.1. The monoisotopic (exact) mass is 366 g/mol. The molecule has 100 valence electrons. The van der Waals surface area contributed by atoms with Crippen LogP contribution in [0.15, 0.2) is 40.3 Å². The normalized spacial score (nSPS) is 10.4. The van der Waals surface area contributed by atoms with Gasteiger partial charge in [-0.25, -0.2) is 4.98 Å². The summed E-state index contributed by atoms with van der Waals surface area (Å²) in [6.07, 6.45) is 1.43. The number of amides is 1. The zero-order valence-electron chi connectivity index (χ0n) is 9.91. The predicted molar refractivity (Wildman–Crippen MR) is 83.1 cm³/mol. The van der Waals surface area contributed by atoms with Crippen LogP contribution in [0.3, 0.4) is 0 Å². The van der Waals surface area contributed by atoms with Gasteiger partial charge in [-0.1, -0.05) is 41.7 Å². The highest BCUT2D eigenvalue weighted by Gasteiger charge is 2.15. The van der Waals surface area contributed by atoms with E-state index in [9.17, 15) is 4.79 Å². The molecule has 0 saturated carbocycles. The zero-order chi connectivity index (χ0) is 13.9. The molecule has 3 aromatic rings. The molecule has 3 rings (SSSR count). The molecule has 2 aromatic heterocycles. The second-order valence-electron chi connectivity index (χ2n) is 3.75. The van der Waals surface area contributed by atoms with Gasteiger partial charge in [0.2, 0.25) is 0 Å². The molecule has 8 heteroatoms. The van der Waals surface area contributed by atoms with Gasteiger partial charge in [0.15, 0.2) is 10.8 Å². The Labute approximate surface area is 131 Å². The van der Waals surface area contributed by atoms with E-state index in [1.54, 1.807) is 0 Å². The molecule has 1 aromatic carbocycles. The quantitative estimate of drug-likeness (QED) is 0.767. The van der Waals surface area contributed by atoms with Gasteiger partial charge in [-0.05, 0) is 15.9 Å². The van der Waals surface area contributed by atoms with Gasteiger partial charge in [0.05, 0.1) is 27.4 Å². The molecule has 1 amide bonds. The summed E-state index contributed by atoms with van der Waals surface area (Å²) < 4.78 is 8.55. The van der Waals surface area contributed by atoms with E-state index in [4.69, 9.17) is 0 Å². The standard InChI is InChI=1S/C12H7BrN4OS2/c13-10-9(7-4-2-1-3-5-7)15-12(19-10)16-11(18)8-6-14-20-17-8/h1-6H,(H,15,16,18). The minimum absolute atomic E-state index is 0.294. The number of nitrogens with zero attached hydrogens (tertiary/aromatic N) is 3. The number of thiazole rings is 1. The lowest BCUT2D eigenvalue weighted by Crippen LogP contribution is -2.11. The maximum Gasteiger partial charge on any atom is 0.278 e. The second-order valence-corrected chi connectivity index (χ2v) is 6.63. The molecule has 0 aliphatic carbocycles. The van der Waals surface area contributed by atoms with Crippen LogP contribution in [0, 0.1) is 0 Å². The van der Waals surface area contributed by atoms with Gasteiger partial charge in [0.25, 0.3) is 5.91 Å². The van der Waals surface area contributed by atoms with E-state index >= 15 is 0 Å². The van der Waals surface area contributed by atoms with Crippen LogP contribution in [0.2, 0.25) is 0 Å². The Balaban J connectivity index is 1.85. The van der Waals surface area contributed by atoms with Crippen LogP contribution in [-0.4, -0.2) is 19.6 Å². The van der Waals surface area contributed by atoms with Crippen molar-refractivity contribution in [3.8, 4) is 11.3 Å². The highest BCUT2D eigenvalue weighted by atomic mass is 79.9. The molecule has 0 aliphatic rings. The first kappa shape index (κ1) is 13.3. The summed E-state index contributed by atoms with van der Waals surface area (Å²) in [6.45, 7) is 0. The average molecular weight is 367 g/mol. The van der Waals surface area contributed by atoms with E-state index in [1.807, 2.05) is 30.3 Å². The first-order valence-corrected chi connectivity index (χ1v) is 7.88. The number of rotatable bonds is 3. The summed E-state index contributed by atoms with van der Waals surface area (Å²) in [6, 6.07) is 9.77. The lowest BCUT2D eigenvalue weighted by molar-refractivity contribution is 0.102. The van der Waals surface area contributed by atoms with Crippen molar-refractivity contribution < 1.29 is 4.79 Å². The Hall–Kier alpha value is -1.64. The minimum atomic E-state index is -0.306.